The number of hydrogen-bond donors (Lipinski definition) is 0. The molecule has 0 aliphatic heterocycles. The van der Waals surface area contributed by atoms with Crippen LogP contribution >= 0.6 is 11.3 Å². The monoisotopic (exact) mass is 423 g/mol. The summed E-state index contributed by atoms with van der Waals surface area (Å²) >= 11 is 1.22. The molecule has 5 aromatic rings. The molecular formula is C22H18FN3O3S. The number of rotatable bonds is 6. The Hall–Kier alpha value is -3.39. The first-order valence-corrected chi connectivity index (χ1v) is 10.2. The van der Waals surface area contributed by atoms with Crippen LogP contribution in [0, 0.1) is 0 Å². The van der Waals surface area contributed by atoms with Crippen molar-refractivity contribution in [3.63, 3.8) is 0 Å². The SMILES string of the molecule is COc1cc(OCc2ccccc2)c2cc(-c3cnc4sc(C(C)F)nn34)oc2c1. The first-order chi connectivity index (χ1) is 14.6. The van der Waals surface area contributed by atoms with E-state index >= 15 is 0 Å². The first-order valence-electron chi connectivity index (χ1n) is 9.39. The number of methoxy groups -OCH3 is 1. The van der Waals surface area contributed by atoms with Crippen molar-refractivity contribution in [1.29, 1.82) is 0 Å². The van der Waals surface area contributed by atoms with Gasteiger partial charge in [-0.05, 0) is 18.6 Å². The number of ether oxygens (including phenoxy) is 2. The second-order valence-corrected chi connectivity index (χ2v) is 7.80. The minimum absolute atomic E-state index is 0.379. The van der Waals surface area contributed by atoms with E-state index < -0.39 is 6.17 Å². The minimum Gasteiger partial charge on any atom is -0.496 e. The van der Waals surface area contributed by atoms with E-state index in [0.717, 1.165) is 10.9 Å². The predicted octanol–water partition coefficient (Wildman–Crippen LogP) is 5.82. The third-order valence-corrected chi connectivity index (χ3v) is 5.82. The van der Waals surface area contributed by atoms with Crippen LogP contribution in [0.2, 0.25) is 0 Å². The van der Waals surface area contributed by atoms with Crippen LogP contribution < -0.4 is 9.47 Å². The molecule has 3 aromatic heterocycles. The van der Waals surface area contributed by atoms with Crippen LogP contribution in [0.1, 0.15) is 23.7 Å². The maximum atomic E-state index is 13.7. The highest BCUT2D eigenvalue weighted by atomic mass is 32.1. The summed E-state index contributed by atoms with van der Waals surface area (Å²) < 4.78 is 32.8. The molecule has 0 aliphatic carbocycles. The average molecular weight is 423 g/mol. The fourth-order valence-corrected chi connectivity index (χ4v) is 4.02. The van der Waals surface area contributed by atoms with Crippen molar-refractivity contribution in [3.8, 4) is 23.0 Å². The lowest BCUT2D eigenvalue weighted by Crippen LogP contribution is -1.96. The van der Waals surface area contributed by atoms with Crippen LogP contribution in [0.3, 0.4) is 0 Å². The molecule has 152 valence electrons. The summed E-state index contributed by atoms with van der Waals surface area (Å²) in [5, 5.41) is 5.52. The average Bonchev–Trinajstić information content (AvgIpc) is 3.46. The van der Waals surface area contributed by atoms with Crippen molar-refractivity contribution in [3.05, 3.63) is 65.3 Å². The standard InChI is InChI=1S/C22H18FN3O3S/c1-13(23)21-25-26-17(11-24-22(26)30-21)20-10-16-18(8-15(27-2)9-19(16)29-20)28-12-14-6-4-3-5-7-14/h3-11,13H,12H2,1-2H3. The molecule has 5 rings (SSSR count). The van der Waals surface area contributed by atoms with Gasteiger partial charge < -0.3 is 13.9 Å². The van der Waals surface area contributed by atoms with Gasteiger partial charge in [0.05, 0.1) is 18.7 Å². The summed E-state index contributed by atoms with van der Waals surface area (Å²) in [5.74, 6) is 1.85. The Morgan fingerprint density at radius 3 is 2.80 bits per heavy atom. The second kappa shape index (κ2) is 7.46. The molecule has 1 atom stereocenters. The van der Waals surface area contributed by atoms with Crippen LogP contribution in [-0.2, 0) is 6.61 Å². The summed E-state index contributed by atoms with van der Waals surface area (Å²) in [4.78, 5) is 4.95. The molecule has 30 heavy (non-hydrogen) atoms. The van der Waals surface area contributed by atoms with Gasteiger partial charge in [-0.2, -0.15) is 9.61 Å². The number of nitrogens with zero attached hydrogens (tertiary/aromatic N) is 3. The number of alkyl halides is 1. The summed E-state index contributed by atoms with van der Waals surface area (Å²) in [6, 6.07) is 15.5. The Balaban J connectivity index is 1.56. The van der Waals surface area contributed by atoms with E-state index in [2.05, 4.69) is 10.1 Å². The van der Waals surface area contributed by atoms with Gasteiger partial charge >= 0.3 is 0 Å². The molecule has 8 heteroatoms. The largest absolute Gasteiger partial charge is 0.496 e. The molecule has 6 nitrogen and oxygen atoms in total. The Bertz CT molecular complexity index is 1320. The van der Waals surface area contributed by atoms with Crippen LogP contribution in [-0.4, -0.2) is 21.7 Å². The molecule has 0 radical (unpaired) electrons. The number of halogens is 1. The Labute approximate surface area is 175 Å². The number of hydrogen-bond acceptors (Lipinski definition) is 6. The van der Waals surface area contributed by atoms with E-state index in [1.54, 1.807) is 17.8 Å². The zero-order chi connectivity index (χ0) is 20.7. The van der Waals surface area contributed by atoms with Gasteiger partial charge in [0.1, 0.15) is 29.4 Å². The molecule has 0 aliphatic rings. The Morgan fingerprint density at radius 1 is 1.20 bits per heavy atom. The topological polar surface area (TPSA) is 61.8 Å². The lowest BCUT2D eigenvalue weighted by molar-refractivity contribution is 0.307. The van der Waals surface area contributed by atoms with E-state index in [9.17, 15) is 4.39 Å². The molecule has 0 spiro atoms. The second-order valence-electron chi connectivity index (χ2n) is 6.82. The number of furan rings is 1. The first kappa shape index (κ1) is 18.6. The van der Waals surface area contributed by atoms with Gasteiger partial charge in [-0.3, -0.25) is 0 Å². The smallest absolute Gasteiger partial charge is 0.212 e. The third kappa shape index (κ3) is 3.29. The van der Waals surface area contributed by atoms with Crippen molar-refractivity contribution in [2.45, 2.75) is 19.7 Å². The van der Waals surface area contributed by atoms with Gasteiger partial charge in [0.25, 0.3) is 0 Å². The molecule has 0 saturated heterocycles. The maximum Gasteiger partial charge on any atom is 0.212 e. The van der Waals surface area contributed by atoms with E-state index in [0.29, 0.717) is 45.1 Å². The van der Waals surface area contributed by atoms with E-state index in [4.69, 9.17) is 13.9 Å². The number of imidazole rings is 1. The molecule has 2 aromatic carbocycles. The molecule has 1 unspecified atom stereocenters. The zero-order valence-corrected chi connectivity index (χ0v) is 17.1. The van der Waals surface area contributed by atoms with Gasteiger partial charge in [0, 0.05) is 12.1 Å². The molecule has 0 saturated carbocycles. The lowest BCUT2D eigenvalue weighted by atomic mass is 10.2. The maximum absolute atomic E-state index is 13.7. The highest BCUT2D eigenvalue weighted by molar-refractivity contribution is 7.16. The zero-order valence-electron chi connectivity index (χ0n) is 16.3. The number of benzene rings is 2. The van der Waals surface area contributed by atoms with Crippen molar-refractivity contribution < 1.29 is 18.3 Å². The van der Waals surface area contributed by atoms with Gasteiger partial charge in [0.15, 0.2) is 16.9 Å². The van der Waals surface area contributed by atoms with Gasteiger partial charge in [0.2, 0.25) is 4.96 Å². The Kier molecular flexibility index (Phi) is 4.63. The summed E-state index contributed by atoms with van der Waals surface area (Å²) in [5.41, 5.74) is 2.33. The normalized spacial score (nSPS) is 12.5. The predicted molar refractivity (Wildman–Crippen MR) is 113 cm³/mol. The van der Waals surface area contributed by atoms with Crippen molar-refractivity contribution in [1.82, 2.24) is 14.6 Å². The summed E-state index contributed by atoms with van der Waals surface area (Å²) in [6.45, 7) is 1.88. The Morgan fingerprint density at radius 2 is 2.03 bits per heavy atom. The van der Waals surface area contributed by atoms with Crippen LogP contribution in [0.5, 0.6) is 11.5 Å². The summed E-state index contributed by atoms with van der Waals surface area (Å²) in [7, 11) is 1.60. The molecule has 0 bridgehead atoms. The van der Waals surface area contributed by atoms with Crippen LogP contribution in [0.4, 0.5) is 4.39 Å². The van der Waals surface area contributed by atoms with Crippen molar-refractivity contribution in [2.24, 2.45) is 0 Å². The third-order valence-electron chi connectivity index (χ3n) is 4.74. The highest BCUT2D eigenvalue weighted by Gasteiger charge is 2.19. The molecule has 3 heterocycles. The fraction of sp³-hybridized carbons (Fsp3) is 0.182. The molecular weight excluding hydrogens is 405 g/mol. The van der Waals surface area contributed by atoms with Gasteiger partial charge in [-0.15, -0.1) is 0 Å². The highest BCUT2D eigenvalue weighted by Crippen LogP contribution is 2.38. The lowest BCUT2D eigenvalue weighted by Gasteiger charge is -2.09. The van der Waals surface area contributed by atoms with Crippen LogP contribution in [0.15, 0.2) is 59.1 Å². The fourth-order valence-electron chi connectivity index (χ4n) is 3.22. The molecule has 0 N–H and O–H groups in total. The van der Waals surface area contributed by atoms with Gasteiger partial charge in [-0.1, -0.05) is 41.7 Å². The number of fused-ring (bicyclic) bond motifs is 2. The van der Waals surface area contributed by atoms with E-state index in [1.165, 1.54) is 18.3 Å². The van der Waals surface area contributed by atoms with E-state index in [1.807, 2.05) is 48.5 Å². The summed E-state index contributed by atoms with van der Waals surface area (Å²) in [6.07, 6.45) is 0.521. The van der Waals surface area contributed by atoms with E-state index in [-0.39, 0.29) is 0 Å². The van der Waals surface area contributed by atoms with Crippen molar-refractivity contribution >= 4 is 27.3 Å². The van der Waals surface area contributed by atoms with Gasteiger partial charge in [-0.25, -0.2) is 9.37 Å². The van der Waals surface area contributed by atoms with Crippen LogP contribution in [0.25, 0.3) is 27.4 Å². The molecule has 0 amide bonds. The number of aromatic nitrogens is 3. The molecule has 0 fully saturated rings. The quantitative estimate of drug-likeness (QED) is 0.344. The minimum atomic E-state index is -1.15. The van der Waals surface area contributed by atoms with Crippen molar-refractivity contribution in [2.75, 3.05) is 7.11 Å².